The maximum absolute atomic E-state index is 11.9. The number of rotatable bonds is 6. The molecule has 0 aliphatic carbocycles. The van der Waals surface area contributed by atoms with Crippen molar-refractivity contribution in [1.29, 1.82) is 0 Å². The maximum atomic E-state index is 11.9. The summed E-state index contributed by atoms with van der Waals surface area (Å²) < 4.78 is 5.81. The van der Waals surface area contributed by atoms with E-state index in [9.17, 15) is 19.5 Å². The Labute approximate surface area is 176 Å². The van der Waals surface area contributed by atoms with Crippen LogP contribution in [0, 0.1) is 0 Å². The summed E-state index contributed by atoms with van der Waals surface area (Å²) in [6, 6.07) is 14.3. The zero-order chi connectivity index (χ0) is 21.3. The number of nitrogens with zero attached hydrogens (tertiary/aromatic N) is 1. The largest absolute Gasteiger partial charge is 0.506 e. The van der Waals surface area contributed by atoms with Crippen LogP contribution in [0.5, 0.6) is 5.75 Å². The van der Waals surface area contributed by atoms with Crippen molar-refractivity contribution in [1.82, 2.24) is 5.32 Å². The van der Waals surface area contributed by atoms with Gasteiger partial charge >= 0.3 is 0 Å². The Bertz CT molecular complexity index is 1040. The zero-order valence-electron chi connectivity index (χ0n) is 15.8. The summed E-state index contributed by atoms with van der Waals surface area (Å²) >= 11 is 0.944. The number of carbonyl (C=O) groups is 3. The zero-order valence-corrected chi connectivity index (χ0v) is 16.6. The molecule has 2 unspecified atom stereocenters. The van der Waals surface area contributed by atoms with Gasteiger partial charge in [0.2, 0.25) is 18.0 Å². The third-order valence-electron chi connectivity index (χ3n) is 4.80. The molecule has 8 nitrogen and oxygen atoms in total. The van der Waals surface area contributed by atoms with Crippen molar-refractivity contribution >= 4 is 34.5 Å². The molecule has 2 aromatic rings. The summed E-state index contributed by atoms with van der Waals surface area (Å²) in [7, 11) is 0. The molecule has 1 saturated heterocycles. The molecule has 3 amide bonds. The molecule has 4 rings (SSSR count). The second-order valence-corrected chi connectivity index (χ2v) is 8.11. The van der Waals surface area contributed by atoms with Crippen LogP contribution in [-0.2, 0) is 20.7 Å². The first kappa shape index (κ1) is 19.8. The van der Waals surface area contributed by atoms with E-state index in [1.807, 2.05) is 30.3 Å². The lowest BCUT2D eigenvalue weighted by atomic mass is 10.1. The van der Waals surface area contributed by atoms with Gasteiger partial charge in [-0.3, -0.25) is 24.6 Å². The molecule has 2 aromatic carbocycles. The van der Waals surface area contributed by atoms with Crippen LogP contribution >= 0.6 is 11.8 Å². The number of carbonyl (C=O) groups excluding carboxylic acids is 3. The quantitative estimate of drug-likeness (QED) is 0.650. The Morgan fingerprint density at radius 2 is 1.97 bits per heavy atom. The monoisotopic (exact) mass is 425 g/mol. The lowest BCUT2D eigenvalue weighted by molar-refractivity contribution is -0.119. The topological polar surface area (TPSA) is 122 Å². The summed E-state index contributed by atoms with van der Waals surface area (Å²) in [5.74, 6) is -0.877. The molecule has 2 aliphatic heterocycles. The van der Waals surface area contributed by atoms with Crippen molar-refractivity contribution in [3.63, 3.8) is 0 Å². The average molecular weight is 425 g/mol. The van der Waals surface area contributed by atoms with E-state index in [1.165, 1.54) is 12.3 Å². The minimum absolute atomic E-state index is 0.0137. The van der Waals surface area contributed by atoms with E-state index in [0.29, 0.717) is 17.8 Å². The lowest BCUT2D eigenvalue weighted by Gasteiger charge is -2.29. The molecule has 0 bridgehead atoms. The van der Waals surface area contributed by atoms with Gasteiger partial charge < -0.3 is 15.6 Å². The van der Waals surface area contributed by atoms with Crippen LogP contribution in [0.25, 0.3) is 0 Å². The number of nitrogens with two attached hydrogens (primary N) is 1. The van der Waals surface area contributed by atoms with Gasteiger partial charge in [0, 0.05) is 5.56 Å². The molecule has 0 aromatic heterocycles. The van der Waals surface area contributed by atoms with Crippen LogP contribution in [0.15, 0.2) is 60.5 Å². The first-order chi connectivity index (χ1) is 14.4. The third-order valence-corrected chi connectivity index (χ3v) is 5.79. The first-order valence-electron chi connectivity index (χ1n) is 9.22. The minimum atomic E-state index is -0.590. The molecule has 9 heteroatoms. The van der Waals surface area contributed by atoms with Crippen LogP contribution in [-0.4, -0.2) is 27.4 Å². The van der Waals surface area contributed by atoms with Gasteiger partial charge in [0.15, 0.2) is 0 Å². The fourth-order valence-electron chi connectivity index (χ4n) is 3.47. The number of benzene rings is 2. The summed E-state index contributed by atoms with van der Waals surface area (Å²) in [4.78, 5) is 36.7. The standard InChI is InChI=1S/C21H19N3O5S/c22-18(26)10-14-11-29-20(13-4-2-1-3-5-13)24(14)15-8-12(6-7-16(15)25)9-17-19(27)23-21(28)30-17/h1-8,11,17,20,25H,9-10H2,(H2,22,26)(H,23,27,28). The van der Waals surface area contributed by atoms with Crippen LogP contribution in [0.3, 0.4) is 0 Å². The molecule has 154 valence electrons. The second kappa shape index (κ2) is 8.11. The number of aromatic hydroxyl groups is 1. The number of phenols is 1. The summed E-state index contributed by atoms with van der Waals surface area (Å²) in [5, 5.41) is 12.0. The number of nitrogens with one attached hydrogen (secondary N) is 1. The highest BCUT2D eigenvalue weighted by Crippen LogP contribution is 2.42. The van der Waals surface area contributed by atoms with E-state index in [0.717, 1.165) is 22.9 Å². The predicted molar refractivity (Wildman–Crippen MR) is 111 cm³/mol. The number of anilines is 1. The van der Waals surface area contributed by atoms with Gasteiger partial charge in [-0.2, -0.15) is 0 Å². The molecule has 0 spiro atoms. The number of thioether (sulfide) groups is 1. The Kier molecular flexibility index (Phi) is 5.37. The molecule has 30 heavy (non-hydrogen) atoms. The molecule has 2 aliphatic rings. The molecule has 1 fully saturated rings. The van der Waals surface area contributed by atoms with Crippen molar-refractivity contribution in [3.05, 3.63) is 71.6 Å². The molecular formula is C21H19N3O5S. The summed E-state index contributed by atoms with van der Waals surface area (Å²) in [6.07, 6.45) is 1.12. The third kappa shape index (κ3) is 3.97. The van der Waals surface area contributed by atoms with E-state index < -0.39 is 17.4 Å². The molecule has 2 heterocycles. The summed E-state index contributed by atoms with van der Waals surface area (Å²) in [6.45, 7) is 0. The molecule has 0 radical (unpaired) electrons. The van der Waals surface area contributed by atoms with Gasteiger partial charge in [0.05, 0.1) is 23.1 Å². The van der Waals surface area contributed by atoms with Crippen molar-refractivity contribution in [2.45, 2.75) is 24.3 Å². The number of imide groups is 1. The second-order valence-electron chi connectivity index (χ2n) is 6.93. The van der Waals surface area contributed by atoms with E-state index >= 15 is 0 Å². The fourth-order valence-corrected chi connectivity index (χ4v) is 4.33. The van der Waals surface area contributed by atoms with Gasteiger partial charge in [-0.15, -0.1) is 0 Å². The first-order valence-corrected chi connectivity index (χ1v) is 10.1. The summed E-state index contributed by atoms with van der Waals surface area (Å²) in [5.41, 5.74) is 7.90. The molecule has 0 saturated carbocycles. The van der Waals surface area contributed by atoms with Crippen molar-refractivity contribution < 1.29 is 24.2 Å². The number of amides is 3. The normalized spacial score (nSPS) is 20.7. The molecule has 4 N–H and O–H groups in total. The van der Waals surface area contributed by atoms with Gasteiger partial charge in [0.25, 0.3) is 5.24 Å². The van der Waals surface area contributed by atoms with Crippen LogP contribution in [0.4, 0.5) is 10.5 Å². The van der Waals surface area contributed by atoms with Crippen molar-refractivity contribution in [2.24, 2.45) is 5.73 Å². The van der Waals surface area contributed by atoms with E-state index in [-0.39, 0.29) is 23.3 Å². The van der Waals surface area contributed by atoms with E-state index in [1.54, 1.807) is 17.0 Å². The Hall–Kier alpha value is -3.46. The SMILES string of the molecule is NC(=O)CC1=COC(c2ccccc2)N1c1cc(CC2SC(=O)NC2=O)ccc1O. The molecule has 2 atom stereocenters. The Balaban J connectivity index is 1.69. The highest BCUT2D eigenvalue weighted by molar-refractivity contribution is 8.15. The van der Waals surface area contributed by atoms with Crippen LogP contribution in [0.2, 0.25) is 0 Å². The van der Waals surface area contributed by atoms with Crippen molar-refractivity contribution in [3.8, 4) is 5.75 Å². The lowest BCUT2D eigenvalue weighted by Crippen LogP contribution is -2.27. The smallest absolute Gasteiger partial charge is 0.286 e. The van der Waals surface area contributed by atoms with Gasteiger partial charge in [-0.05, 0) is 24.1 Å². The van der Waals surface area contributed by atoms with Gasteiger partial charge in [-0.1, -0.05) is 48.2 Å². The predicted octanol–water partition coefficient (Wildman–Crippen LogP) is 2.54. The van der Waals surface area contributed by atoms with Gasteiger partial charge in [0.1, 0.15) is 12.0 Å². The average Bonchev–Trinajstić information content (AvgIpc) is 3.26. The van der Waals surface area contributed by atoms with Crippen LogP contribution in [0.1, 0.15) is 23.8 Å². The fraction of sp³-hybridized carbons (Fsp3) is 0.190. The Morgan fingerprint density at radius 3 is 2.63 bits per heavy atom. The minimum Gasteiger partial charge on any atom is -0.506 e. The number of primary amides is 1. The number of phenolic OH excluding ortho intramolecular Hbond substituents is 1. The van der Waals surface area contributed by atoms with Gasteiger partial charge in [-0.25, -0.2) is 0 Å². The van der Waals surface area contributed by atoms with Crippen molar-refractivity contribution in [2.75, 3.05) is 4.90 Å². The van der Waals surface area contributed by atoms with E-state index in [2.05, 4.69) is 5.32 Å². The number of ether oxygens (including phenoxy) is 1. The highest BCUT2D eigenvalue weighted by atomic mass is 32.2. The van der Waals surface area contributed by atoms with E-state index in [4.69, 9.17) is 10.5 Å². The Morgan fingerprint density at radius 1 is 1.20 bits per heavy atom. The number of hydrogen-bond donors (Lipinski definition) is 3. The maximum Gasteiger partial charge on any atom is 0.286 e. The van der Waals surface area contributed by atoms with Crippen LogP contribution < -0.4 is 16.0 Å². The number of hydrogen-bond acceptors (Lipinski definition) is 7. The molecular weight excluding hydrogens is 406 g/mol. The highest BCUT2D eigenvalue weighted by Gasteiger charge is 2.34.